The van der Waals surface area contributed by atoms with Crippen molar-refractivity contribution in [2.45, 2.75) is 13.1 Å². The Hall–Kier alpha value is -1.45. The van der Waals surface area contributed by atoms with Gasteiger partial charge in [0.25, 0.3) is 0 Å². The van der Waals surface area contributed by atoms with Crippen LogP contribution in [0.25, 0.3) is 10.9 Å². The second-order valence-corrected chi connectivity index (χ2v) is 4.97. The van der Waals surface area contributed by atoms with Crippen molar-refractivity contribution in [1.29, 1.82) is 0 Å². The maximum absolute atomic E-state index is 6.16. The third-order valence-electron chi connectivity index (χ3n) is 2.96. The first-order valence-electron chi connectivity index (χ1n) is 5.64. The Balaban J connectivity index is 1.92. The van der Waals surface area contributed by atoms with Gasteiger partial charge < -0.3 is 9.13 Å². The number of hydrogen-bond donors (Lipinski definition) is 0. The van der Waals surface area contributed by atoms with Crippen molar-refractivity contribution in [3.63, 3.8) is 0 Å². The van der Waals surface area contributed by atoms with Crippen LogP contribution in [-0.2, 0) is 13.1 Å². The molecule has 0 aliphatic carbocycles. The molecule has 3 nitrogen and oxygen atoms in total. The van der Waals surface area contributed by atoms with Crippen molar-refractivity contribution in [2.75, 3.05) is 0 Å². The van der Waals surface area contributed by atoms with Gasteiger partial charge in [-0.1, -0.05) is 23.2 Å². The lowest BCUT2D eigenvalue weighted by Gasteiger charge is -2.07. The number of hydrogen-bond acceptors (Lipinski definition) is 1. The lowest BCUT2D eigenvalue weighted by atomic mass is 10.2. The molecular weight excluding hydrogens is 269 g/mol. The summed E-state index contributed by atoms with van der Waals surface area (Å²) >= 11 is 12.2. The smallest absolute Gasteiger partial charge is 0.0946 e. The fraction of sp³-hybridized carbons (Fsp3) is 0.154. The molecule has 2 heterocycles. The highest BCUT2D eigenvalue weighted by Crippen LogP contribution is 2.28. The fourth-order valence-electron chi connectivity index (χ4n) is 2.06. The maximum atomic E-state index is 6.16. The van der Waals surface area contributed by atoms with E-state index in [4.69, 9.17) is 23.2 Å². The minimum atomic E-state index is 0.662. The van der Waals surface area contributed by atoms with Crippen LogP contribution in [0.2, 0.25) is 10.0 Å². The van der Waals surface area contributed by atoms with Crippen molar-refractivity contribution >= 4 is 34.1 Å². The van der Waals surface area contributed by atoms with Crippen LogP contribution < -0.4 is 0 Å². The van der Waals surface area contributed by atoms with E-state index in [1.54, 1.807) is 12.3 Å². The molecule has 0 aliphatic rings. The number of benzene rings is 1. The average molecular weight is 280 g/mol. The first-order chi connectivity index (χ1) is 8.74. The molecule has 0 saturated carbocycles. The SMILES string of the molecule is Clc1cc(Cl)c2ccn(CCn3ccnc3)c2c1. The molecule has 0 atom stereocenters. The highest BCUT2D eigenvalue weighted by molar-refractivity contribution is 6.38. The van der Waals surface area contributed by atoms with Crippen LogP contribution in [0.15, 0.2) is 43.1 Å². The van der Waals surface area contributed by atoms with E-state index in [2.05, 4.69) is 9.55 Å². The summed E-state index contributed by atoms with van der Waals surface area (Å²) in [5.41, 5.74) is 1.06. The molecule has 3 aromatic rings. The summed E-state index contributed by atoms with van der Waals surface area (Å²) in [5.74, 6) is 0. The molecule has 0 radical (unpaired) electrons. The normalized spacial score (nSPS) is 11.2. The molecule has 0 aliphatic heterocycles. The highest BCUT2D eigenvalue weighted by atomic mass is 35.5. The molecule has 1 aromatic carbocycles. The largest absolute Gasteiger partial charge is 0.346 e. The first kappa shape index (κ1) is 11.6. The number of aryl methyl sites for hydroxylation is 2. The summed E-state index contributed by atoms with van der Waals surface area (Å²) in [6.07, 6.45) is 7.57. The van der Waals surface area contributed by atoms with E-state index in [-0.39, 0.29) is 0 Å². The predicted molar refractivity (Wildman–Crippen MR) is 74.2 cm³/mol. The quantitative estimate of drug-likeness (QED) is 0.714. The lowest BCUT2D eigenvalue weighted by molar-refractivity contribution is 0.592. The van der Waals surface area contributed by atoms with E-state index in [9.17, 15) is 0 Å². The Labute approximate surface area is 115 Å². The zero-order chi connectivity index (χ0) is 12.5. The molecule has 5 heteroatoms. The minimum absolute atomic E-state index is 0.662. The number of nitrogens with zero attached hydrogens (tertiary/aromatic N) is 3. The fourth-order valence-corrected chi connectivity index (χ4v) is 2.60. The Morgan fingerprint density at radius 2 is 2.00 bits per heavy atom. The van der Waals surface area contributed by atoms with Crippen molar-refractivity contribution in [3.8, 4) is 0 Å². The van der Waals surface area contributed by atoms with Crippen LogP contribution in [0.4, 0.5) is 0 Å². The van der Waals surface area contributed by atoms with Gasteiger partial charge in [-0.25, -0.2) is 4.98 Å². The highest BCUT2D eigenvalue weighted by Gasteiger charge is 2.06. The van der Waals surface area contributed by atoms with E-state index in [0.717, 1.165) is 24.0 Å². The van der Waals surface area contributed by atoms with Crippen LogP contribution in [0.1, 0.15) is 0 Å². The minimum Gasteiger partial charge on any atom is -0.346 e. The predicted octanol–water partition coefficient (Wildman–Crippen LogP) is 3.84. The van der Waals surface area contributed by atoms with Crippen molar-refractivity contribution in [1.82, 2.24) is 14.1 Å². The summed E-state index contributed by atoms with van der Waals surface area (Å²) < 4.78 is 4.19. The molecule has 0 fully saturated rings. The zero-order valence-electron chi connectivity index (χ0n) is 9.55. The molecule has 18 heavy (non-hydrogen) atoms. The second-order valence-electron chi connectivity index (χ2n) is 4.13. The van der Waals surface area contributed by atoms with Crippen LogP contribution in [0.5, 0.6) is 0 Å². The maximum Gasteiger partial charge on any atom is 0.0946 e. The Kier molecular flexibility index (Phi) is 3.02. The van der Waals surface area contributed by atoms with Crippen molar-refractivity contribution < 1.29 is 0 Å². The Morgan fingerprint density at radius 1 is 1.11 bits per heavy atom. The average Bonchev–Trinajstić information content (AvgIpc) is 2.94. The molecule has 0 spiro atoms. The van der Waals surface area contributed by atoms with E-state index < -0.39 is 0 Å². The van der Waals surface area contributed by atoms with Gasteiger partial charge in [-0.3, -0.25) is 0 Å². The van der Waals surface area contributed by atoms with Crippen molar-refractivity contribution in [3.05, 3.63) is 53.2 Å². The molecule has 2 aromatic heterocycles. The van der Waals surface area contributed by atoms with Gasteiger partial charge in [-0.15, -0.1) is 0 Å². The van der Waals surface area contributed by atoms with Crippen molar-refractivity contribution in [2.24, 2.45) is 0 Å². The standard InChI is InChI=1S/C13H11Cl2N3/c14-10-7-12(15)11-1-3-18(13(11)8-10)6-5-17-4-2-16-9-17/h1-4,7-9H,5-6H2. The molecular formula is C13H11Cl2N3. The van der Waals surface area contributed by atoms with E-state index in [1.807, 2.05) is 35.4 Å². The molecule has 0 bridgehead atoms. The Bertz CT molecular complexity index is 671. The summed E-state index contributed by atoms with van der Waals surface area (Å²) in [4.78, 5) is 4.02. The number of aromatic nitrogens is 3. The zero-order valence-corrected chi connectivity index (χ0v) is 11.1. The molecule has 92 valence electrons. The molecule has 0 N–H and O–H groups in total. The Morgan fingerprint density at radius 3 is 2.78 bits per heavy atom. The first-order valence-corrected chi connectivity index (χ1v) is 6.39. The molecule has 0 saturated heterocycles. The molecule has 0 amide bonds. The van der Waals surface area contributed by atoms with E-state index in [1.165, 1.54) is 0 Å². The summed E-state index contributed by atoms with van der Waals surface area (Å²) in [5, 5.41) is 2.39. The van der Waals surface area contributed by atoms with Gasteiger partial charge in [0.2, 0.25) is 0 Å². The van der Waals surface area contributed by atoms with Crippen LogP contribution in [0.3, 0.4) is 0 Å². The topological polar surface area (TPSA) is 22.8 Å². The number of fused-ring (bicyclic) bond motifs is 1. The van der Waals surface area contributed by atoms with Gasteiger partial charge in [-0.05, 0) is 18.2 Å². The lowest BCUT2D eigenvalue weighted by Crippen LogP contribution is -2.04. The number of imidazole rings is 1. The summed E-state index contributed by atoms with van der Waals surface area (Å²) in [6.45, 7) is 1.73. The number of halogens is 2. The summed E-state index contributed by atoms with van der Waals surface area (Å²) in [7, 11) is 0. The van der Waals surface area contributed by atoms with Gasteiger partial charge in [-0.2, -0.15) is 0 Å². The molecule has 3 rings (SSSR count). The van der Waals surface area contributed by atoms with E-state index in [0.29, 0.717) is 10.0 Å². The third-order valence-corrected chi connectivity index (χ3v) is 3.49. The van der Waals surface area contributed by atoms with Gasteiger partial charge >= 0.3 is 0 Å². The molecule has 0 unspecified atom stereocenters. The van der Waals surface area contributed by atoms with Gasteiger partial charge in [0.05, 0.1) is 16.9 Å². The van der Waals surface area contributed by atoms with E-state index >= 15 is 0 Å². The van der Waals surface area contributed by atoms with Gasteiger partial charge in [0.1, 0.15) is 0 Å². The van der Waals surface area contributed by atoms with Crippen LogP contribution in [0, 0.1) is 0 Å². The van der Waals surface area contributed by atoms with Crippen LogP contribution in [-0.4, -0.2) is 14.1 Å². The van der Waals surface area contributed by atoms with Gasteiger partial charge in [0, 0.05) is 42.1 Å². The number of rotatable bonds is 3. The second kappa shape index (κ2) is 4.67. The third kappa shape index (κ3) is 2.11. The van der Waals surface area contributed by atoms with Gasteiger partial charge in [0.15, 0.2) is 0 Å². The summed E-state index contributed by atoms with van der Waals surface area (Å²) in [6, 6.07) is 5.73. The monoisotopic (exact) mass is 279 g/mol. The van der Waals surface area contributed by atoms with Crippen LogP contribution >= 0.6 is 23.2 Å².